The Morgan fingerprint density at radius 3 is 1.97 bits per heavy atom. The molecule has 0 aliphatic heterocycles. The van der Waals surface area contributed by atoms with E-state index in [1.165, 1.54) is 0 Å². The largest absolute Gasteiger partial charge is 0.374 e. The average Bonchev–Trinajstić information content (AvgIpc) is 3.47. The van der Waals surface area contributed by atoms with Gasteiger partial charge < -0.3 is 4.85 Å². The minimum Gasteiger partial charge on any atom is -0.374 e. The van der Waals surface area contributed by atoms with Crippen molar-refractivity contribution in [3.63, 3.8) is 0 Å². The highest BCUT2D eigenvalue weighted by Crippen LogP contribution is 2.34. The van der Waals surface area contributed by atoms with E-state index in [4.69, 9.17) is 23.1 Å². The van der Waals surface area contributed by atoms with Gasteiger partial charge in [0, 0.05) is 17.7 Å². The Labute approximate surface area is 190 Å². The summed E-state index contributed by atoms with van der Waals surface area (Å²) in [4.78, 5) is 16.4. The summed E-state index contributed by atoms with van der Waals surface area (Å²) in [5, 5.41) is 18.7. The predicted octanol–water partition coefficient (Wildman–Crippen LogP) is 5.23. The van der Waals surface area contributed by atoms with Crippen molar-refractivity contribution in [3.05, 3.63) is 106 Å². The monoisotopic (exact) mass is 428 g/mol. The molecule has 0 aromatic carbocycles. The van der Waals surface area contributed by atoms with E-state index in [0.29, 0.717) is 17.2 Å². The number of aromatic nitrogens is 4. The lowest BCUT2D eigenvalue weighted by Gasteiger charge is -2.24. The Kier molecular flexibility index (Phi) is 5.21. The van der Waals surface area contributed by atoms with Gasteiger partial charge in [-0.3, -0.25) is 9.13 Å². The van der Waals surface area contributed by atoms with Gasteiger partial charge in [0.25, 0.3) is 0 Å². The van der Waals surface area contributed by atoms with Crippen LogP contribution in [0.4, 0.5) is 11.5 Å². The zero-order valence-corrected chi connectivity index (χ0v) is 17.9. The standard InChI is InChI=1S/C25H16N8/c1-25(2,20-7-5-9-22(30-20)32-13-11-17(15-26)19(32)16-27)21-8-6-10-23(31-21)33-14-12-18(28-3)24(33)29-4/h5-14H,1-2H3. The van der Waals surface area contributed by atoms with E-state index in [9.17, 15) is 10.5 Å². The predicted molar refractivity (Wildman–Crippen MR) is 121 cm³/mol. The third-order valence-corrected chi connectivity index (χ3v) is 5.42. The summed E-state index contributed by atoms with van der Waals surface area (Å²) in [6.07, 6.45) is 3.32. The summed E-state index contributed by atoms with van der Waals surface area (Å²) >= 11 is 0. The third-order valence-electron chi connectivity index (χ3n) is 5.42. The fourth-order valence-corrected chi connectivity index (χ4v) is 3.57. The summed E-state index contributed by atoms with van der Waals surface area (Å²) in [5.41, 5.74) is 1.64. The van der Waals surface area contributed by atoms with E-state index in [-0.39, 0.29) is 17.2 Å². The fraction of sp³-hybridized carbons (Fsp3) is 0.120. The molecule has 0 aliphatic rings. The molecule has 8 heteroatoms. The lowest BCUT2D eigenvalue weighted by Crippen LogP contribution is -2.23. The number of nitriles is 2. The first kappa shape index (κ1) is 21.1. The molecule has 0 amide bonds. The van der Waals surface area contributed by atoms with Crippen molar-refractivity contribution in [2.24, 2.45) is 0 Å². The third kappa shape index (κ3) is 3.49. The van der Waals surface area contributed by atoms with Crippen molar-refractivity contribution in [2.75, 3.05) is 0 Å². The summed E-state index contributed by atoms with van der Waals surface area (Å²) in [6.45, 7) is 18.7. The molecule has 0 fully saturated rings. The maximum absolute atomic E-state index is 9.49. The van der Waals surface area contributed by atoms with Crippen LogP contribution in [0, 0.1) is 35.8 Å². The number of pyridine rings is 2. The van der Waals surface area contributed by atoms with E-state index in [0.717, 1.165) is 11.4 Å². The van der Waals surface area contributed by atoms with E-state index in [1.54, 1.807) is 45.8 Å². The van der Waals surface area contributed by atoms with Crippen LogP contribution in [0.3, 0.4) is 0 Å². The van der Waals surface area contributed by atoms with Gasteiger partial charge in [-0.15, -0.1) is 0 Å². The number of nitrogens with zero attached hydrogens (tertiary/aromatic N) is 8. The maximum atomic E-state index is 9.49. The first-order valence-corrected chi connectivity index (χ1v) is 9.88. The lowest BCUT2D eigenvalue weighted by atomic mass is 9.84. The zero-order chi connectivity index (χ0) is 23.6. The molecule has 0 N–H and O–H groups in total. The normalized spacial score (nSPS) is 10.6. The molecular formula is C25H16N8. The molecule has 4 rings (SSSR count). The SMILES string of the molecule is [C-]#[N+]c1ccn(-c2cccc(C(C)(C)c3cccc(-n4ccc(C#N)c4C#N)n3)n2)c1[N+]#[C-]. The van der Waals surface area contributed by atoms with Gasteiger partial charge in [-0.2, -0.15) is 10.5 Å². The van der Waals surface area contributed by atoms with Gasteiger partial charge in [0.1, 0.15) is 23.7 Å². The second-order valence-corrected chi connectivity index (χ2v) is 7.68. The molecule has 0 spiro atoms. The summed E-state index contributed by atoms with van der Waals surface area (Å²) < 4.78 is 3.20. The molecule has 0 unspecified atom stereocenters. The van der Waals surface area contributed by atoms with Crippen LogP contribution in [0.2, 0.25) is 0 Å². The van der Waals surface area contributed by atoms with Crippen LogP contribution in [0.5, 0.6) is 0 Å². The molecule has 4 aromatic heterocycles. The Bertz CT molecular complexity index is 1420. The molecule has 33 heavy (non-hydrogen) atoms. The quantitative estimate of drug-likeness (QED) is 0.416. The number of rotatable bonds is 4. The van der Waals surface area contributed by atoms with Crippen LogP contribution in [-0.4, -0.2) is 19.1 Å². The van der Waals surface area contributed by atoms with E-state index < -0.39 is 5.41 Å². The van der Waals surface area contributed by atoms with Crippen LogP contribution in [0.1, 0.15) is 36.5 Å². The Hall–Kier alpha value is -5.18. The van der Waals surface area contributed by atoms with Crippen LogP contribution < -0.4 is 0 Å². The van der Waals surface area contributed by atoms with Gasteiger partial charge in [0.15, 0.2) is 0 Å². The summed E-state index contributed by atoms with van der Waals surface area (Å²) in [5.74, 6) is 1.28. The number of hydrogen-bond acceptors (Lipinski definition) is 4. The second kappa shape index (κ2) is 8.16. The molecule has 0 atom stereocenters. The molecular weight excluding hydrogens is 412 g/mol. The molecule has 4 aromatic rings. The summed E-state index contributed by atoms with van der Waals surface area (Å²) in [6, 6.07) is 18.3. The zero-order valence-electron chi connectivity index (χ0n) is 17.9. The Balaban J connectivity index is 1.78. The van der Waals surface area contributed by atoms with Gasteiger partial charge >= 0.3 is 0 Å². The average molecular weight is 428 g/mol. The Morgan fingerprint density at radius 1 is 0.818 bits per heavy atom. The lowest BCUT2D eigenvalue weighted by molar-refractivity contribution is 0.591. The van der Waals surface area contributed by atoms with Crippen molar-refractivity contribution < 1.29 is 0 Å². The van der Waals surface area contributed by atoms with Gasteiger partial charge in [-0.25, -0.2) is 14.8 Å². The minimum absolute atomic E-state index is 0.220. The van der Waals surface area contributed by atoms with Crippen LogP contribution >= 0.6 is 0 Å². The molecule has 0 aliphatic carbocycles. The van der Waals surface area contributed by atoms with Crippen LogP contribution in [0.15, 0.2) is 60.9 Å². The highest BCUT2D eigenvalue weighted by atomic mass is 15.1. The molecule has 8 nitrogen and oxygen atoms in total. The molecule has 4 heterocycles. The molecule has 0 radical (unpaired) electrons. The highest BCUT2D eigenvalue weighted by Gasteiger charge is 2.28. The van der Waals surface area contributed by atoms with Crippen molar-refractivity contribution in [3.8, 4) is 23.8 Å². The Morgan fingerprint density at radius 2 is 1.42 bits per heavy atom. The minimum atomic E-state index is -0.613. The molecule has 0 bridgehead atoms. The molecule has 0 saturated heterocycles. The van der Waals surface area contributed by atoms with Crippen molar-refractivity contribution in [1.29, 1.82) is 10.5 Å². The van der Waals surface area contributed by atoms with Crippen molar-refractivity contribution >= 4 is 11.5 Å². The van der Waals surface area contributed by atoms with E-state index in [1.807, 2.05) is 44.2 Å². The van der Waals surface area contributed by atoms with Gasteiger partial charge in [-0.1, -0.05) is 18.7 Å². The van der Waals surface area contributed by atoms with Gasteiger partial charge in [-0.05, 0) is 44.2 Å². The maximum Gasteiger partial charge on any atom is 0.241 e. The van der Waals surface area contributed by atoms with E-state index in [2.05, 4.69) is 15.8 Å². The first-order chi connectivity index (χ1) is 15.9. The first-order valence-electron chi connectivity index (χ1n) is 9.88. The smallest absolute Gasteiger partial charge is 0.241 e. The highest BCUT2D eigenvalue weighted by molar-refractivity contribution is 5.69. The van der Waals surface area contributed by atoms with Crippen LogP contribution in [-0.2, 0) is 5.41 Å². The fourth-order valence-electron chi connectivity index (χ4n) is 3.57. The topological polar surface area (TPSA) is 91.9 Å². The second-order valence-electron chi connectivity index (χ2n) is 7.68. The van der Waals surface area contributed by atoms with Gasteiger partial charge in [0.2, 0.25) is 17.3 Å². The van der Waals surface area contributed by atoms with Crippen LogP contribution in [0.25, 0.3) is 21.3 Å². The summed E-state index contributed by atoms with van der Waals surface area (Å²) in [7, 11) is 0. The van der Waals surface area contributed by atoms with E-state index >= 15 is 0 Å². The van der Waals surface area contributed by atoms with Crippen molar-refractivity contribution in [2.45, 2.75) is 19.3 Å². The van der Waals surface area contributed by atoms with Gasteiger partial charge in [0.05, 0.1) is 29.7 Å². The molecule has 156 valence electrons. The van der Waals surface area contributed by atoms with Crippen molar-refractivity contribution in [1.82, 2.24) is 19.1 Å². The molecule has 0 saturated carbocycles. The number of hydrogen-bond donors (Lipinski definition) is 0.